The quantitative estimate of drug-likeness (QED) is 0.363. The number of rotatable bonds is 6. The summed E-state index contributed by atoms with van der Waals surface area (Å²) in [4.78, 5) is 10.8. The van der Waals surface area contributed by atoms with Crippen LogP contribution in [0, 0.1) is 5.92 Å². The number of hydrogen-bond acceptors (Lipinski definition) is 4. The largest absolute Gasteiger partial charge is 0.508 e. The fourth-order valence-corrected chi connectivity index (χ4v) is 2.19. The van der Waals surface area contributed by atoms with Gasteiger partial charge < -0.3 is 10.2 Å². The number of halogens is 1. The molecule has 1 rings (SSSR count). The molecule has 0 aliphatic heterocycles. The monoisotopic (exact) mass is 343 g/mol. The van der Waals surface area contributed by atoms with E-state index in [0.29, 0.717) is 18.4 Å². The van der Waals surface area contributed by atoms with E-state index in [1.165, 1.54) is 17.6 Å². The molecule has 0 saturated heterocycles. The summed E-state index contributed by atoms with van der Waals surface area (Å²) in [5.41, 5.74) is 1.98. The first-order chi connectivity index (χ1) is 9.45. The van der Waals surface area contributed by atoms with Crippen LogP contribution in [0.25, 0.3) is 0 Å². The van der Waals surface area contributed by atoms with E-state index in [4.69, 9.17) is 5.21 Å². The number of nitrogens with one attached hydrogen (secondary N) is 1. The molecule has 0 fully saturated rings. The first kappa shape index (κ1) is 16.7. The van der Waals surface area contributed by atoms with Gasteiger partial charge in [0.1, 0.15) is 5.75 Å². The average Bonchev–Trinajstić information content (AvgIpc) is 2.44. The molecule has 1 amide bonds. The van der Waals surface area contributed by atoms with Crippen molar-refractivity contribution in [3.05, 3.63) is 40.4 Å². The van der Waals surface area contributed by atoms with Crippen LogP contribution in [0.15, 0.2) is 34.8 Å². The van der Waals surface area contributed by atoms with Crippen molar-refractivity contribution in [2.45, 2.75) is 25.9 Å². The fraction of sp³-hybridized carbons (Fsp3) is 0.357. The number of hydroxylamine groups is 1. The lowest BCUT2D eigenvalue weighted by molar-refractivity contribution is -0.124. The molecule has 0 aliphatic carbocycles. The number of phenolic OH excluding ortho intramolecular Hbond substituents is 1. The number of aromatic hydroxyl groups is 1. The van der Waals surface area contributed by atoms with Crippen LogP contribution in [-0.4, -0.2) is 21.3 Å². The standard InChI is InChI=1S/C14H18BrNO4/c1-9(4-2-3-5-13(18)16-20)14(19)11-8-10(15)6-7-12(11)17/h3,5-9,14,17,19-20H,2,4H2,1H3,(H,16,18)/b5-3+/t9-,14-/m0/s1. The lowest BCUT2D eigenvalue weighted by Crippen LogP contribution is -2.15. The van der Waals surface area contributed by atoms with Gasteiger partial charge in [0.15, 0.2) is 0 Å². The van der Waals surface area contributed by atoms with Gasteiger partial charge in [-0.15, -0.1) is 0 Å². The maximum absolute atomic E-state index is 10.8. The van der Waals surface area contributed by atoms with Gasteiger partial charge in [-0.2, -0.15) is 0 Å². The van der Waals surface area contributed by atoms with Crippen molar-refractivity contribution in [2.24, 2.45) is 5.92 Å². The Morgan fingerprint density at radius 2 is 2.20 bits per heavy atom. The molecular formula is C14H18BrNO4. The summed E-state index contributed by atoms with van der Waals surface area (Å²) in [6, 6.07) is 4.92. The van der Waals surface area contributed by atoms with Crippen LogP contribution >= 0.6 is 15.9 Å². The number of allylic oxidation sites excluding steroid dienone is 1. The normalized spacial score (nSPS) is 14.2. The van der Waals surface area contributed by atoms with Crippen LogP contribution in [0.4, 0.5) is 0 Å². The number of carbonyl (C=O) groups is 1. The summed E-state index contributed by atoms with van der Waals surface area (Å²) < 4.78 is 0.788. The third-order valence-electron chi connectivity index (χ3n) is 3.02. The highest BCUT2D eigenvalue weighted by atomic mass is 79.9. The smallest absolute Gasteiger partial charge is 0.267 e. The lowest BCUT2D eigenvalue weighted by Gasteiger charge is -2.19. The minimum Gasteiger partial charge on any atom is -0.508 e. The van der Waals surface area contributed by atoms with E-state index in [1.807, 2.05) is 6.92 Å². The van der Waals surface area contributed by atoms with Gasteiger partial charge in [0.05, 0.1) is 6.10 Å². The molecule has 0 aliphatic rings. The van der Waals surface area contributed by atoms with E-state index in [2.05, 4.69) is 15.9 Å². The van der Waals surface area contributed by atoms with E-state index in [1.54, 1.807) is 18.2 Å². The first-order valence-corrected chi connectivity index (χ1v) is 7.02. The van der Waals surface area contributed by atoms with Crippen LogP contribution < -0.4 is 5.48 Å². The van der Waals surface area contributed by atoms with E-state index in [9.17, 15) is 15.0 Å². The van der Waals surface area contributed by atoms with E-state index in [0.717, 1.165) is 4.47 Å². The molecule has 20 heavy (non-hydrogen) atoms. The number of aliphatic hydroxyl groups is 1. The van der Waals surface area contributed by atoms with Gasteiger partial charge in [-0.1, -0.05) is 28.9 Å². The SMILES string of the molecule is C[C@@H](CC/C=C/C(=O)NO)[C@H](O)c1cc(Br)ccc1O. The predicted octanol–water partition coefficient (Wildman–Crippen LogP) is 2.67. The molecule has 0 unspecified atom stereocenters. The minimum absolute atomic E-state index is 0.0581. The topological polar surface area (TPSA) is 89.8 Å². The predicted molar refractivity (Wildman–Crippen MR) is 78.2 cm³/mol. The molecule has 2 atom stereocenters. The first-order valence-electron chi connectivity index (χ1n) is 6.22. The van der Waals surface area contributed by atoms with E-state index in [-0.39, 0.29) is 11.7 Å². The molecule has 0 saturated carbocycles. The molecule has 110 valence electrons. The van der Waals surface area contributed by atoms with Crippen molar-refractivity contribution < 1.29 is 20.2 Å². The van der Waals surface area contributed by atoms with Crippen molar-refractivity contribution in [2.75, 3.05) is 0 Å². The molecule has 0 aromatic heterocycles. The zero-order valence-corrected chi connectivity index (χ0v) is 12.7. The van der Waals surface area contributed by atoms with E-state index >= 15 is 0 Å². The molecule has 4 N–H and O–H groups in total. The second-order valence-corrected chi connectivity index (χ2v) is 5.50. The highest BCUT2D eigenvalue weighted by Crippen LogP contribution is 2.33. The third kappa shape index (κ3) is 4.96. The van der Waals surface area contributed by atoms with Crippen LogP contribution in [0.1, 0.15) is 31.4 Å². The van der Waals surface area contributed by atoms with Crippen molar-refractivity contribution >= 4 is 21.8 Å². The van der Waals surface area contributed by atoms with Crippen LogP contribution in [0.5, 0.6) is 5.75 Å². The molecule has 1 aromatic carbocycles. The van der Waals surface area contributed by atoms with Crippen molar-refractivity contribution in [3.63, 3.8) is 0 Å². The number of carbonyl (C=O) groups excluding carboxylic acids is 1. The molecule has 6 heteroatoms. The summed E-state index contributed by atoms with van der Waals surface area (Å²) in [7, 11) is 0. The third-order valence-corrected chi connectivity index (χ3v) is 3.51. The van der Waals surface area contributed by atoms with Crippen LogP contribution in [0.2, 0.25) is 0 Å². The Bertz CT molecular complexity index is 490. The Morgan fingerprint density at radius 1 is 1.50 bits per heavy atom. The summed E-state index contributed by atoms with van der Waals surface area (Å²) in [5, 5.41) is 28.3. The maximum Gasteiger partial charge on any atom is 0.267 e. The highest BCUT2D eigenvalue weighted by molar-refractivity contribution is 9.10. The van der Waals surface area contributed by atoms with Gasteiger partial charge in [0.2, 0.25) is 0 Å². The van der Waals surface area contributed by atoms with Crippen molar-refractivity contribution in [1.82, 2.24) is 5.48 Å². The number of phenols is 1. The highest BCUT2D eigenvalue weighted by Gasteiger charge is 2.19. The number of aliphatic hydroxyl groups excluding tert-OH is 1. The zero-order valence-electron chi connectivity index (χ0n) is 11.1. The Kier molecular flexibility index (Phi) is 6.70. The summed E-state index contributed by atoms with van der Waals surface area (Å²) >= 11 is 3.30. The minimum atomic E-state index is -0.785. The van der Waals surface area contributed by atoms with Gasteiger partial charge in [0, 0.05) is 16.1 Å². The zero-order chi connectivity index (χ0) is 15.1. The molecular weight excluding hydrogens is 326 g/mol. The van der Waals surface area contributed by atoms with Gasteiger partial charge in [-0.25, -0.2) is 5.48 Å². The molecule has 0 radical (unpaired) electrons. The van der Waals surface area contributed by atoms with Crippen LogP contribution in [-0.2, 0) is 4.79 Å². The second kappa shape index (κ2) is 8.04. The van der Waals surface area contributed by atoms with Gasteiger partial charge in [-0.05, 0) is 37.0 Å². The van der Waals surface area contributed by atoms with Crippen LogP contribution in [0.3, 0.4) is 0 Å². The summed E-state index contributed by atoms with van der Waals surface area (Å²) in [6.07, 6.45) is 3.29. The molecule has 1 aromatic rings. The number of benzene rings is 1. The lowest BCUT2D eigenvalue weighted by atomic mass is 9.93. The van der Waals surface area contributed by atoms with Crippen molar-refractivity contribution in [3.8, 4) is 5.75 Å². The van der Waals surface area contributed by atoms with E-state index < -0.39 is 12.0 Å². The number of hydrogen-bond donors (Lipinski definition) is 4. The maximum atomic E-state index is 10.8. The van der Waals surface area contributed by atoms with Crippen molar-refractivity contribution in [1.29, 1.82) is 0 Å². The summed E-state index contributed by atoms with van der Waals surface area (Å²) in [5.74, 6) is -0.609. The van der Waals surface area contributed by atoms with Gasteiger partial charge in [0.25, 0.3) is 5.91 Å². The molecule has 0 heterocycles. The molecule has 5 nitrogen and oxygen atoms in total. The molecule has 0 spiro atoms. The molecule has 0 bridgehead atoms. The van der Waals surface area contributed by atoms with Gasteiger partial charge in [-0.3, -0.25) is 10.0 Å². The van der Waals surface area contributed by atoms with Gasteiger partial charge >= 0.3 is 0 Å². The fourth-order valence-electron chi connectivity index (χ4n) is 1.81. The second-order valence-electron chi connectivity index (χ2n) is 4.58. The Labute approximate surface area is 126 Å². The Morgan fingerprint density at radius 3 is 2.85 bits per heavy atom. The average molecular weight is 344 g/mol. The summed E-state index contributed by atoms with van der Waals surface area (Å²) in [6.45, 7) is 1.87. The Hall–Kier alpha value is -1.37. The Balaban J connectivity index is 2.58. The number of amides is 1.